The van der Waals surface area contributed by atoms with E-state index in [9.17, 15) is 9.59 Å². The molecule has 0 radical (unpaired) electrons. The van der Waals surface area contributed by atoms with Gasteiger partial charge < -0.3 is 9.80 Å². The van der Waals surface area contributed by atoms with Crippen molar-refractivity contribution in [3.8, 4) is 0 Å². The lowest BCUT2D eigenvalue weighted by molar-refractivity contribution is 0.0954. The van der Waals surface area contributed by atoms with Crippen molar-refractivity contribution < 1.29 is 9.59 Å². The van der Waals surface area contributed by atoms with Crippen LogP contribution in [0.2, 0.25) is 0 Å². The summed E-state index contributed by atoms with van der Waals surface area (Å²) in [5.41, 5.74) is 14.3. The smallest absolute Gasteiger partial charge is 0.273 e. The number of carbonyl (C=O) groups is 2. The Labute approximate surface area is 326 Å². The fourth-order valence-electron chi connectivity index (χ4n) is 6.26. The second-order valence-corrected chi connectivity index (χ2v) is 12.8. The van der Waals surface area contributed by atoms with Crippen molar-refractivity contribution in [2.45, 2.75) is 13.8 Å². The van der Waals surface area contributed by atoms with Gasteiger partial charge >= 0.3 is 0 Å². The van der Waals surface area contributed by atoms with Crippen LogP contribution in [-0.2, 0) is 0 Å². The Kier molecular flexibility index (Phi) is 11.4. The lowest BCUT2D eigenvalue weighted by Crippen LogP contribution is -2.23. The number of aryl methyl sites for hydroxylation is 2. The molecular formula is C47H39N7O2. The van der Waals surface area contributed by atoms with Gasteiger partial charge in [-0.15, -0.1) is 0 Å². The second kappa shape index (κ2) is 17.5. The van der Waals surface area contributed by atoms with Crippen molar-refractivity contribution in [2.24, 2.45) is 10.2 Å². The van der Waals surface area contributed by atoms with Gasteiger partial charge in [0.25, 0.3) is 11.8 Å². The number of carbonyl (C=O) groups excluding carboxylic acids is 2. The second-order valence-electron chi connectivity index (χ2n) is 12.8. The van der Waals surface area contributed by atoms with Crippen molar-refractivity contribution in [1.82, 2.24) is 15.8 Å². The number of hydrogen-bond donors (Lipinski definition) is 2. The highest BCUT2D eigenvalue weighted by Gasteiger charge is 2.18. The molecule has 2 N–H and O–H groups in total. The fraction of sp³-hybridized carbons (Fsp3) is 0.0426. The molecule has 0 saturated carbocycles. The molecule has 0 atom stereocenters. The van der Waals surface area contributed by atoms with Crippen LogP contribution in [-0.4, -0.2) is 29.2 Å². The van der Waals surface area contributed by atoms with Gasteiger partial charge in [-0.25, -0.2) is 10.9 Å². The van der Waals surface area contributed by atoms with E-state index in [4.69, 9.17) is 0 Å². The molecule has 9 heteroatoms. The predicted molar refractivity (Wildman–Crippen MR) is 226 cm³/mol. The number of nitrogens with one attached hydrogen (secondary N) is 2. The Morgan fingerprint density at radius 3 is 1.04 bits per heavy atom. The fourth-order valence-corrected chi connectivity index (χ4v) is 6.26. The number of aromatic nitrogens is 1. The van der Waals surface area contributed by atoms with Gasteiger partial charge in [-0.3, -0.25) is 14.6 Å². The maximum atomic E-state index is 13.2. The summed E-state index contributed by atoms with van der Waals surface area (Å²) in [6.07, 6.45) is 3.15. The third-order valence-electron chi connectivity index (χ3n) is 9.01. The lowest BCUT2D eigenvalue weighted by atomic mass is 10.1. The van der Waals surface area contributed by atoms with E-state index in [0.717, 1.165) is 45.3 Å². The Bertz CT molecular complexity index is 2210. The third kappa shape index (κ3) is 8.75. The van der Waals surface area contributed by atoms with Gasteiger partial charge in [0, 0.05) is 34.1 Å². The minimum absolute atomic E-state index is 0.232. The minimum atomic E-state index is -0.486. The number of anilines is 6. The molecule has 1 heterocycles. The molecule has 0 bridgehead atoms. The molecule has 7 aromatic rings. The van der Waals surface area contributed by atoms with Crippen LogP contribution in [0.1, 0.15) is 43.2 Å². The Hall–Kier alpha value is -7.65. The van der Waals surface area contributed by atoms with Crippen LogP contribution in [0, 0.1) is 13.8 Å². The van der Waals surface area contributed by atoms with E-state index in [1.807, 2.05) is 121 Å². The number of benzene rings is 6. The third-order valence-corrected chi connectivity index (χ3v) is 9.01. The van der Waals surface area contributed by atoms with Crippen LogP contribution in [0.15, 0.2) is 186 Å². The topological polar surface area (TPSA) is 102 Å². The Morgan fingerprint density at radius 2 is 0.732 bits per heavy atom. The first-order chi connectivity index (χ1) is 27.4. The van der Waals surface area contributed by atoms with Crippen molar-refractivity contribution >= 4 is 58.4 Å². The van der Waals surface area contributed by atoms with E-state index in [2.05, 4.69) is 84.4 Å². The van der Waals surface area contributed by atoms with Crippen LogP contribution in [0.25, 0.3) is 0 Å². The molecule has 0 unspecified atom stereocenters. The highest BCUT2D eigenvalue weighted by atomic mass is 16.2. The molecule has 0 saturated heterocycles. The first-order valence-electron chi connectivity index (χ1n) is 18.1. The number of rotatable bonds is 12. The molecule has 0 fully saturated rings. The SMILES string of the molecule is Cc1nc(C)c(C(=O)N/N=C/c2ccc(N(c3ccccc3)c3ccccc3)cc2)cc1C(=O)N/N=C/c1ccc(N(c2ccccc2)c2ccccc2)cc1. The zero-order chi connectivity index (χ0) is 38.7. The standard InChI is InChI=1S/C47H39N7O2/c1-34-44(46(55)51-48-32-36-23-27-42(28-24-36)53(38-15-7-3-8-16-38)39-17-9-4-10-18-39)31-45(35(2)50-34)47(56)52-49-33-37-25-29-43(30-26-37)54(40-19-11-5-12-20-40)41-21-13-6-14-22-41/h3-33H,1-2H3,(H,51,55)(H,52,56)/b48-32+,49-33+. The van der Waals surface area contributed by atoms with Gasteiger partial charge in [0.15, 0.2) is 0 Å². The zero-order valence-corrected chi connectivity index (χ0v) is 31.0. The molecule has 9 nitrogen and oxygen atoms in total. The lowest BCUT2D eigenvalue weighted by Gasteiger charge is -2.25. The van der Waals surface area contributed by atoms with Gasteiger partial charge in [0.05, 0.1) is 34.9 Å². The number of hydrazone groups is 2. The molecular weight excluding hydrogens is 695 g/mol. The predicted octanol–water partition coefficient (Wildman–Crippen LogP) is 10.2. The number of hydrogen-bond acceptors (Lipinski definition) is 7. The molecule has 0 aliphatic heterocycles. The average Bonchev–Trinajstić information content (AvgIpc) is 3.24. The molecule has 274 valence electrons. The van der Waals surface area contributed by atoms with Crippen molar-refractivity contribution in [2.75, 3.05) is 9.80 Å². The minimum Gasteiger partial charge on any atom is -0.311 e. The van der Waals surface area contributed by atoms with Crippen molar-refractivity contribution in [3.63, 3.8) is 0 Å². The van der Waals surface area contributed by atoms with Gasteiger partial charge in [-0.1, -0.05) is 97.1 Å². The number of pyridine rings is 1. The van der Waals surface area contributed by atoms with Crippen LogP contribution < -0.4 is 20.7 Å². The molecule has 0 aliphatic rings. The Balaban J connectivity index is 0.989. The molecule has 0 spiro atoms. The van der Waals surface area contributed by atoms with Gasteiger partial charge in [0.1, 0.15) is 0 Å². The summed E-state index contributed by atoms with van der Waals surface area (Å²) >= 11 is 0. The van der Waals surface area contributed by atoms with Gasteiger partial charge in [-0.05, 0) is 104 Å². The van der Waals surface area contributed by atoms with E-state index in [1.165, 1.54) is 6.07 Å². The van der Waals surface area contributed by atoms with Crippen molar-refractivity contribution in [1.29, 1.82) is 0 Å². The molecule has 1 aromatic heterocycles. The molecule has 56 heavy (non-hydrogen) atoms. The zero-order valence-electron chi connectivity index (χ0n) is 31.0. The number of nitrogens with zero attached hydrogens (tertiary/aromatic N) is 5. The number of para-hydroxylation sites is 4. The molecule has 2 amide bonds. The Morgan fingerprint density at radius 1 is 0.446 bits per heavy atom. The van der Waals surface area contributed by atoms with E-state index < -0.39 is 11.8 Å². The largest absolute Gasteiger partial charge is 0.311 e. The summed E-state index contributed by atoms with van der Waals surface area (Å²) in [4.78, 5) is 35.2. The number of amides is 2. The van der Waals surface area contributed by atoms with Crippen LogP contribution in [0.5, 0.6) is 0 Å². The van der Waals surface area contributed by atoms with Gasteiger partial charge in [-0.2, -0.15) is 10.2 Å². The van der Waals surface area contributed by atoms with E-state index in [1.54, 1.807) is 26.3 Å². The van der Waals surface area contributed by atoms with Crippen LogP contribution in [0.4, 0.5) is 34.1 Å². The summed E-state index contributed by atoms with van der Waals surface area (Å²) < 4.78 is 0. The first kappa shape index (κ1) is 36.7. The average molecular weight is 734 g/mol. The van der Waals surface area contributed by atoms with E-state index >= 15 is 0 Å². The summed E-state index contributed by atoms with van der Waals surface area (Å²) in [7, 11) is 0. The van der Waals surface area contributed by atoms with E-state index in [-0.39, 0.29) is 11.1 Å². The maximum absolute atomic E-state index is 13.2. The summed E-state index contributed by atoms with van der Waals surface area (Å²) in [6.45, 7) is 3.44. The summed E-state index contributed by atoms with van der Waals surface area (Å²) in [5.74, 6) is -0.972. The quantitative estimate of drug-likeness (QED) is 0.0962. The van der Waals surface area contributed by atoms with Crippen molar-refractivity contribution in [3.05, 3.63) is 210 Å². The monoisotopic (exact) mass is 733 g/mol. The van der Waals surface area contributed by atoms with E-state index in [0.29, 0.717) is 11.4 Å². The van der Waals surface area contributed by atoms with Gasteiger partial charge in [0.2, 0.25) is 0 Å². The molecule has 7 rings (SSSR count). The first-order valence-corrected chi connectivity index (χ1v) is 18.1. The highest BCUT2D eigenvalue weighted by molar-refractivity contribution is 6.01. The molecule has 0 aliphatic carbocycles. The maximum Gasteiger partial charge on any atom is 0.273 e. The summed E-state index contributed by atoms with van der Waals surface area (Å²) in [5, 5.41) is 8.38. The normalized spacial score (nSPS) is 11.0. The highest BCUT2D eigenvalue weighted by Crippen LogP contribution is 2.35. The molecule has 6 aromatic carbocycles. The van der Waals surface area contributed by atoms with Crippen LogP contribution >= 0.6 is 0 Å². The summed E-state index contributed by atoms with van der Waals surface area (Å²) in [6, 6.07) is 57.9. The van der Waals surface area contributed by atoms with Crippen LogP contribution in [0.3, 0.4) is 0 Å².